The summed E-state index contributed by atoms with van der Waals surface area (Å²) in [5.74, 6) is 0. The van der Waals surface area contributed by atoms with E-state index in [1.54, 1.807) is 12.1 Å². The fourth-order valence-corrected chi connectivity index (χ4v) is 0.869. The summed E-state index contributed by atoms with van der Waals surface area (Å²) in [6.07, 6.45) is 0. The van der Waals surface area contributed by atoms with E-state index in [9.17, 15) is 0 Å². The van der Waals surface area contributed by atoms with Crippen LogP contribution in [0.2, 0.25) is 0 Å². The molecule has 0 saturated heterocycles. The van der Waals surface area contributed by atoms with Crippen LogP contribution in [-0.2, 0) is 0 Å². The molecule has 0 aliphatic rings. The molecule has 1 atom stereocenters. The molecule has 0 bridgehead atoms. The molecule has 1 aromatic rings. The van der Waals surface area contributed by atoms with E-state index in [-0.39, 0.29) is 0 Å². The van der Waals surface area contributed by atoms with E-state index in [1.807, 2.05) is 12.1 Å². The van der Waals surface area contributed by atoms with Crippen molar-refractivity contribution in [2.75, 3.05) is 0 Å². The van der Waals surface area contributed by atoms with Crippen molar-refractivity contribution in [3.8, 4) is 0 Å². The lowest BCUT2D eigenvalue weighted by Crippen LogP contribution is -1.84. The van der Waals surface area contributed by atoms with Crippen LogP contribution < -0.4 is 5.30 Å². The molecule has 0 heterocycles. The first-order valence-corrected chi connectivity index (χ1v) is 3.11. The van der Waals surface area contributed by atoms with Gasteiger partial charge in [0.25, 0.3) is 0 Å². The molecular formula is C6H6N2P+. The third-order valence-electron chi connectivity index (χ3n) is 0.986. The maximum atomic E-state index is 8.28. The van der Waals surface area contributed by atoms with Crippen molar-refractivity contribution in [1.82, 2.24) is 0 Å². The molecule has 0 radical (unpaired) electrons. The summed E-state index contributed by atoms with van der Waals surface area (Å²) in [6.45, 7) is 0. The molecule has 9 heavy (non-hydrogen) atoms. The van der Waals surface area contributed by atoms with Gasteiger partial charge >= 0.3 is 5.69 Å². The normalized spacial score (nSPS) is 8.44. The van der Waals surface area contributed by atoms with Crippen LogP contribution in [0.1, 0.15) is 0 Å². The highest BCUT2D eigenvalue weighted by Crippen LogP contribution is 2.08. The molecule has 0 aliphatic heterocycles. The molecule has 3 heteroatoms. The molecule has 0 aliphatic carbocycles. The van der Waals surface area contributed by atoms with Crippen LogP contribution in [0.4, 0.5) is 5.69 Å². The topological polar surface area (TPSA) is 28.1 Å². The largest absolute Gasteiger partial charge is 0.385 e. The number of nitrogens with zero attached hydrogens (tertiary/aromatic N) is 2. The third-order valence-corrected chi connectivity index (χ3v) is 1.34. The van der Waals surface area contributed by atoms with E-state index in [2.05, 4.69) is 14.2 Å². The third kappa shape index (κ3) is 1.48. The Balaban J connectivity index is 3.12. The second-order valence-electron chi connectivity index (χ2n) is 1.69. The molecule has 0 aromatic heterocycles. The summed E-state index contributed by atoms with van der Waals surface area (Å²) in [7, 11) is 2.52. The van der Waals surface area contributed by atoms with Crippen molar-refractivity contribution in [2.24, 2.45) is 0 Å². The van der Waals surface area contributed by atoms with Gasteiger partial charge in [0.2, 0.25) is 5.39 Å². The number of hydrogen-bond acceptors (Lipinski definition) is 1. The molecule has 2 nitrogen and oxygen atoms in total. The van der Waals surface area contributed by atoms with E-state index in [1.165, 1.54) is 0 Å². The van der Waals surface area contributed by atoms with E-state index in [0.717, 1.165) is 5.30 Å². The van der Waals surface area contributed by atoms with Crippen LogP contribution >= 0.6 is 9.24 Å². The van der Waals surface area contributed by atoms with Crippen molar-refractivity contribution in [2.45, 2.75) is 0 Å². The lowest BCUT2D eigenvalue weighted by molar-refractivity contribution is 1.47. The Labute approximate surface area is 55.7 Å². The smallest absolute Gasteiger partial charge is 0.105 e. The first-order chi connectivity index (χ1) is 4.33. The van der Waals surface area contributed by atoms with E-state index in [0.29, 0.717) is 5.69 Å². The number of benzene rings is 1. The van der Waals surface area contributed by atoms with Crippen molar-refractivity contribution >= 4 is 20.2 Å². The van der Waals surface area contributed by atoms with Crippen LogP contribution in [0.5, 0.6) is 0 Å². The highest BCUT2D eigenvalue weighted by Gasteiger charge is 1.99. The maximum Gasteiger partial charge on any atom is 0.385 e. The Bertz CT molecular complexity index is 251. The predicted octanol–water partition coefficient (Wildman–Crippen LogP) is 1.67. The second kappa shape index (κ2) is 2.57. The van der Waals surface area contributed by atoms with Gasteiger partial charge in [0.15, 0.2) is 4.98 Å². The molecule has 1 unspecified atom stereocenters. The molecule has 0 amide bonds. The van der Waals surface area contributed by atoms with Gasteiger partial charge in [0.05, 0.1) is 0 Å². The zero-order valence-electron chi connectivity index (χ0n) is 4.78. The zero-order chi connectivity index (χ0) is 6.69. The Morgan fingerprint density at radius 2 is 2.22 bits per heavy atom. The quantitative estimate of drug-likeness (QED) is 0.395. The van der Waals surface area contributed by atoms with Crippen LogP contribution in [0.3, 0.4) is 0 Å². The minimum atomic E-state index is 0.586. The minimum Gasteiger partial charge on any atom is -0.105 e. The molecule has 0 N–H and O–H groups in total. The first-order valence-electron chi connectivity index (χ1n) is 2.53. The molecule has 0 saturated carbocycles. The molecule has 0 fully saturated rings. The summed E-state index contributed by atoms with van der Waals surface area (Å²) in [6, 6.07) is 7.25. The van der Waals surface area contributed by atoms with Gasteiger partial charge in [-0.05, 0) is 5.30 Å². The second-order valence-corrected chi connectivity index (χ2v) is 2.36. The highest BCUT2D eigenvalue weighted by atomic mass is 31.0. The van der Waals surface area contributed by atoms with Crippen molar-refractivity contribution < 1.29 is 0 Å². The lowest BCUT2D eigenvalue weighted by atomic mass is 10.3. The summed E-state index contributed by atoms with van der Waals surface area (Å²) in [4.78, 5) is 3.02. The van der Waals surface area contributed by atoms with E-state index in [4.69, 9.17) is 5.39 Å². The average molecular weight is 137 g/mol. The van der Waals surface area contributed by atoms with Crippen LogP contribution in [-0.4, -0.2) is 0 Å². The van der Waals surface area contributed by atoms with E-state index < -0.39 is 0 Å². The summed E-state index contributed by atoms with van der Waals surface area (Å²) in [5.41, 5.74) is 0.586. The zero-order valence-corrected chi connectivity index (χ0v) is 5.94. The van der Waals surface area contributed by atoms with Crippen molar-refractivity contribution in [1.29, 1.82) is 5.39 Å². The first kappa shape index (κ1) is 6.19. The lowest BCUT2D eigenvalue weighted by Gasteiger charge is -1.81. The summed E-state index contributed by atoms with van der Waals surface area (Å²) < 4.78 is 0. The number of rotatable bonds is 0. The molecule has 1 aromatic carbocycles. The van der Waals surface area contributed by atoms with E-state index >= 15 is 0 Å². The minimum absolute atomic E-state index is 0.586. The van der Waals surface area contributed by atoms with Gasteiger partial charge < -0.3 is 0 Å². The van der Waals surface area contributed by atoms with Gasteiger partial charge in [-0.15, -0.1) is 9.24 Å². The molecule has 1 rings (SSSR count). The monoisotopic (exact) mass is 137 g/mol. The van der Waals surface area contributed by atoms with Gasteiger partial charge in [-0.2, -0.15) is 0 Å². The fourth-order valence-electron chi connectivity index (χ4n) is 0.587. The SMILES string of the molecule is N#[N+]c1cccc(P)c1. The van der Waals surface area contributed by atoms with Gasteiger partial charge in [0, 0.05) is 12.1 Å². The van der Waals surface area contributed by atoms with Gasteiger partial charge in [-0.1, -0.05) is 12.1 Å². The van der Waals surface area contributed by atoms with Crippen LogP contribution in [0.25, 0.3) is 4.98 Å². The predicted molar refractivity (Wildman–Crippen MR) is 40.5 cm³/mol. The fraction of sp³-hybridized carbons (Fsp3) is 0. The Morgan fingerprint density at radius 1 is 1.44 bits per heavy atom. The Kier molecular flexibility index (Phi) is 1.77. The number of diazo groups is 1. The Morgan fingerprint density at radius 3 is 2.67 bits per heavy atom. The Hall–Kier alpha value is -0.930. The van der Waals surface area contributed by atoms with Crippen LogP contribution in [0, 0.1) is 5.39 Å². The maximum absolute atomic E-state index is 8.28. The van der Waals surface area contributed by atoms with Gasteiger partial charge in [-0.3, -0.25) is 0 Å². The average Bonchev–Trinajstić information content (AvgIpc) is 1.88. The number of hydrogen-bond donors (Lipinski definition) is 0. The molecule has 44 valence electrons. The van der Waals surface area contributed by atoms with Crippen molar-refractivity contribution in [3.05, 3.63) is 29.2 Å². The standard InChI is InChI=1S/C6H6N2P/c7-8-5-2-1-3-6(9)4-5/h1-4H,9H2/q+1. The molecular weight excluding hydrogens is 131 g/mol. The van der Waals surface area contributed by atoms with Gasteiger partial charge in [-0.25, -0.2) is 0 Å². The molecule has 0 spiro atoms. The van der Waals surface area contributed by atoms with Crippen LogP contribution in [0.15, 0.2) is 24.3 Å². The summed E-state index contributed by atoms with van der Waals surface area (Å²) in [5, 5.41) is 9.30. The highest BCUT2D eigenvalue weighted by molar-refractivity contribution is 7.27. The van der Waals surface area contributed by atoms with Crippen molar-refractivity contribution in [3.63, 3.8) is 0 Å². The van der Waals surface area contributed by atoms with Gasteiger partial charge in [0.1, 0.15) is 0 Å². The summed E-state index contributed by atoms with van der Waals surface area (Å²) >= 11 is 0.